The predicted molar refractivity (Wildman–Crippen MR) is 112 cm³/mol. The molecule has 30 heavy (non-hydrogen) atoms. The summed E-state index contributed by atoms with van der Waals surface area (Å²) in [6.07, 6.45) is 3.87. The minimum absolute atomic E-state index is 0.109. The number of urea groups is 1. The molecular formula is C21H28N4O4S. The van der Waals surface area contributed by atoms with Crippen molar-refractivity contribution >= 4 is 35.1 Å². The highest BCUT2D eigenvalue weighted by atomic mass is 32.1. The van der Waals surface area contributed by atoms with E-state index in [0.29, 0.717) is 19.5 Å². The Morgan fingerprint density at radius 1 is 1.37 bits per heavy atom. The van der Waals surface area contributed by atoms with Crippen LogP contribution in [-0.2, 0) is 27.3 Å². The lowest BCUT2D eigenvalue weighted by Gasteiger charge is -2.31. The first-order valence-electron chi connectivity index (χ1n) is 10.6. The summed E-state index contributed by atoms with van der Waals surface area (Å²) >= 11 is 1.71. The molecule has 3 heterocycles. The summed E-state index contributed by atoms with van der Waals surface area (Å²) in [4.78, 5) is 54.8. The zero-order valence-corrected chi connectivity index (χ0v) is 18.2. The normalized spacial score (nSPS) is 24.5. The topological polar surface area (TPSA) is 98.8 Å². The quantitative estimate of drug-likeness (QED) is 0.640. The van der Waals surface area contributed by atoms with Crippen LogP contribution < -0.4 is 10.6 Å². The summed E-state index contributed by atoms with van der Waals surface area (Å²) in [6.45, 7) is 4.50. The number of imide groups is 1. The first-order chi connectivity index (χ1) is 14.3. The monoisotopic (exact) mass is 432 g/mol. The number of hydrogen-bond donors (Lipinski definition) is 2. The van der Waals surface area contributed by atoms with Crippen molar-refractivity contribution in [1.29, 1.82) is 0 Å². The zero-order valence-electron chi connectivity index (χ0n) is 17.4. The fourth-order valence-electron chi connectivity index (χ4n) is 4.38. The van der Waals surface area contributed by atoms with Crippen LogP contribution in [0.15, 0.2) is 11.4 Å². The maximum atomic E-state index is 13.1. The van der Waals surface area contributed by atoms with Crippen LogP contribution in [0.1, 0.15) is 50.0 Å². The smallest absolute Gasteiger partial charge is 0.325 e. The second kappa shape index (κ2) is 8.02. The molecule has 1 saturated carbocycles. The SMILES string of the molecule is CCCC(NC(=O)CN1C(=O)NC(C)(C2CC2)C1=O)C(=O)N1CCc2sccc2C1. The molecule has 2 aliphatic heterocycles. The van der Waals surface area contributed by atoms with E-state index in [1.807, 2.05) is 18.4 Å². The predicted octanol–water partition coefficient (Wildman–Crippen LogP) is 1.64. The van der Waals surface area contributed by atoms with Crippen LogP contribution in [-0.4, -0.2) is 58.2 Å². The zero-order chi connectivity index (χ0) is 21.5. The average Bonchev–Trinajstić information content (AvgIpc) is 3.44. The van der Waals surface area contributed by atoms with Gasteiger partial charge in [0.05, 0.1) is 0 Å². The van der Waals surface area contributed by atoms with E-state index in [1.165, 1.54) is 10.4 Å². The Bertz CT molecular complexity index is 880. The van der Waals surface area contributed by atoms with Crippen molar-refractivity contribution in [2.75, 3.05) is 13.1 Å². The molecule has 0 spiro atoms. The molecule has 2 unspecified atom stereocenters. The Hall–Kier alpha value is -2.42. The van der Waals surface area contributed by atoms with Gasteiger partial charge < -0.3 is 15.5 Å². The first-order valence-corrected chi connectivity index (χ1v) is 11.5. The molecule has 5 amide bonds. The van der Waals surface area contributed by atoms with Gasteiger partial charge in [-0.05, 0) is 55.5 Å². The van der Waals surface area contributed by atoms with Gasteiger partial charge in [-0.15, -0.1) is 11.3 Å². The van der Waals surface area contributed by atoms with E-state index in [4.69, 9.17) is 0 Å². The molecule has 8 nitrogen and oxygen atoms in total. The number of nitrogens with one attached hydrogen (secondary N) is 2. The van der Waals surface area contributed by atoms with Crippen LogP contribution in [0.5, 0.6) is 0 Å². The van der Waals surface area contributed by atoms with Gasteiger partial charge >= 0.3 is 6.03 Å². The van der Waals surface area contributed by atoms with Gasteiger partial charge in [-0.25, -0.2) is 4.79 Å². The number of fused-ring (bicyclic) bond motifs is 1. The van der Waals surface area contributed by atoms with Crippen molar-refractivity contribution in [1.82, 2.24) is 20.4 Å². The second-order valence-electron chi connectivity index (χ2n) is 8.59. The molecule has 2 fully saturated rings. The van der Waals surface area contributed by atoms with Crippen LogP contribution >= 0.6 is 11.3 Å². The van der Waals surface area contributed by atoms with Crippen molar-refractivity contribution in [2.24, 2.45) is 5.92 Å². The fraction of sp³-hybridized carbons (Fsp3) is 0.619. The fourth-order valence-corrected chi connectivity index (χ4v) is 5.27. The van der Waals surface area contributed by atoms with Gasteiger partial charge in [0.15, 0.2) is 0 Å². The van der Waals surface area contributed by atoms with E-state index in [1.54, 1.807) is 23.2 Å². The van der Waals surface area contributed by atoms with Crippen LogP contribution in [0.25, 0.3) is 0 Å². The van der Waals surface area contributed by atoms with Gasteiger partial charge in [-0.3, -0.25) is 19.3 Å². The van der Waals surface area contributed by atoms with Gasteiger partial charge in [0.25, 0.3) is 5.91 Å². The number of hydrogen-bond acceptors (Lipinski definition) is 5. The van der Waals surface area contributed by atoms with E-state index in [2.05, 4.69) is 10.6 Å². The summed E-state index contributed by atoms with van der Waals surface area (Å²) in [5.41, 5.74) is 0.252. The van der Waals surface area contributed by atoms with E-state index in [9.17, 15) is 19.2 Å². The maximum absolute atomic E-state index is 13.1. The number of carbonyl (C=O) groups is 4. The second-order valence-corrected chi connectivity index (χ2v) is 9.59. The molecule has 4 rings (SSSR count). The molecule has 1 saturated heterocycles. The van der Waals surface area contributed by atoms with Crippen LogP contribution in [0.4, 0.5) is 4.79 Å². The third-order valence-electron chi connectivity index (χ3n) is 6.33. The summed E-state index contributed by atoms with van der Waals surface area (Å²) in [6, 6.07) is 0.851. The number of nitrogens with zero attached hydrogens (tertiary/aromatic N) is 2. The maximum Gasteiger partial charge on any atom is 0.325 e. The molecule has 1 aromatic heterocycles. The molecule has 2 atom stereocenters. The molecule has 1 aliphatic carbocycles. The minimum atomic E-state index is -0.915. The standard InChI is InChI=1S/C21H28N4O4S/c1-3-4-15(18(27)24-9-7-16-13(11-24)8-10-30-16)22-17(26)12-25-19(28)21(2,14-5-6-14)23-20(25)29/h8,10,14-15H,3-7,9,11-12H2,1-2H3,(H,22,26)(H,23,29). The Labute approximate surface area is 180 Å². The van der Waals surface area contributed by atoms with Crippen molar-refractivity contribution in [3.8, 4) is 0 Å². The van der Waals surface area contributed by atoms with Gasteiger partial charge in [0.2, 0.25) is 11.8 Å². The lowest BCUT2D eigenvalue weighted by Crippen LogP contribution is -2.52. The van der Waals surface area contributed by atoms with Crippen molar-refractivity contribution in [3.05, 3.63) is 21.9 Å². The number of rotatable bonds is 7. The summed E-state index contributed by atoms with van der Waals surface area (Å²) in [5, 5.41) is 7.55. The highest BCUT2D eigenvalue weighted by molar-refractivity contribution is 7.10. The Morgan fingerprint density at radius 2 is 2.13 bits per heavy atom. The van der Waals surface area contributed by atoms with Gasteiger partial charge in [0, 0.05) is 18.0 Å². The minimum Gasteiger partial charge on any atom is -0.343 e. The molecular weight excluding hydrogens is 404 g/mol. The highest BCUT2D eigenvalue weighted by Gasteiger charge is 2.56. The van der Waals surface area contributed by atoms with Crippen molar-refractivity contribution in [3.63, 3.8) is 0 Å². The third kappa shape index (κ3) is 3.82. The van der Waals surface area contributed by atoms with Crippen molar-refractivity contribution < 1.29 is 19.2 Å². The molecule has 0 aromatic carbocycles. The van der Waals surface area contributed by atoms with Crippen molar-refractivity contribution in [2.45, 2.75) is 64.1 Å². The summed E-state index contributed by atoms with van der Waals surface area (Å²) in [5.74, 6) is -0.817. The van der Waals surface area contributed by atoms with Gasteiger partial charge in [-0.1, -0.05) is 13.3 Å². The van der Waals surface area contributed by atoms with E-state index in [0.717, 1.165) is 30.6 Å². The number of carbonyl (C=O) groups excluding carboxylic acids is 4. The Balaban J connectivity index is 1.38. The Morgan fingerprint density at radius 3 is 2.83 bits per heavy atom. The van der Waals surface area contributed by atoms with Crippen LogP contribution in [0, 0.1) is 5.92 Å². The Kier molecular flexibility index (Phi) is 5.57. The number of amides is 5. The van der Waals surface area contributed by atoms with E-state index in [-0.39, 0.29) is 24.3 Å². The summed E-state index contributed by atoms with van der Waals surface area (Å²) < 4.78 is 0. The van der Waals surface area contributed by atoms with Crippen LogP contribution in [0.2, 0.25) is 0 Å². The molecule has 9 heteroatoms. The van der Waals surface area contributed by atoms with Gasteiger partial charge in [-0.2, -0.15) is 0 Å². The molecule has 3 aliphatic rings. The third-order valence-corrected chi connectivity index (χ3v) is 7.35. The summed E-state index contributed by atoms with van der Waals surface area (Å²) in [7, 11) is 0. The molecule has 162 valence electrons. The molecule has 0 radical (unpaired) electrons. The largest absolute Gasteiger partial charge is 0.343 e. The molecule has 2 N–H and O–H groups in total. The lowest BCUT2D eigenvalue weighted by atomic mass is 9.96. The van der Waals surface area contributed by atoms with E-state index >= 15 is 0 Å². The average molecular weight is 433 g/mol. The highest BCUT2D eigenvalue weighted by Crippen LogP contribution is 2.42. The lowest BCUT2D eigenvalue weighted by molar-refractivity contribution is -0.138. The molecule has 1 aromatic rings. The molecule has 0 bridgehead atoms. The van der Waals surface area contributed by atoms with Gasteiger partial charge in [0.1, 0.15) is 18.1 Å². The first kappa shape index (κ1) is 20.8. The van der Waals surface area contributed by atoms with Crippen LogP contribution in [0.3, 0.4) is 0 Å². The van der Waals surface area contributed by atoms with E-state index < -0.39 is 23.5 Å². The number of thiophene rings is 1.